The molecule has 2 heterocycles. The van der Waals surface area contributed by atoms with E-state index in [9.17, 15) is 0 Å². The highest BCUT2D eigenvalue weighted by atomic mass is 15.2. The minimum atomic E-state index is 0.560. The standard InChI is InChI=1S/C18H23N3/c1-3-19-16-10-11-20-17(12-16)13-21-14(2)8-9-15-6-4-5-7-18(15)21/h4-7,10-12,14H,3,8-9,13H2,1-2H3,(H,19,20). The second kappa shape index (κ2) is 6.17. The molecule has 0 spiro atoms. The topological polar surface area (TPSA) is 28.2 Å². The zero-order valence-corrected chi connectivity index (χ0v) is 12.8. The predicted molar refractivity (Wildman–Crippen MR) is 88.8 cm³/mol. The van der Waals surface area contributed by atoms with E-state index >= 15 is 0 Å². The maximum Gasteiger partial charge on any atom is 0.0617 e. The molecule has 0 bridgehead atoms. The van der Waals surface area contributed by atoms with Crippen molar-refractivity contribution in [2.24, 2.45) is 0 Å². The number of anilines is 2. The molecule has 3 heteroatoms. The van der Waals surface area contributed by atoms with Crippen LogP contribution in [0, 0.1) is 0 Å². The van der Waals surface area contributed by atoms with Gasteiger partial charge in [-0.15, -0.1) is 0 Å². The Morgan fingerprint density at radius 1 is 1.29 bits per heavy atom. The van der Waals surface area contributed by atoms with E-state index in [0.29, 0.717) is 6.04 Å². The average Bonchev–Trinajstić information content (AvgIpc) is 2.51. The van der Waals surface area contributed by atoms with Crippen LogP contribution in [0.15, 0.2) is 42.6 Å². The molecule has 0 fully saturated rings. The molecule has 21 heavy (non-hydrogen) atoms. The number of nitrogens with one attached hydrogen (secondary N) is 1. The SMILES string of the molecule is CCNc1ccnc(CN2c3ccccc3CCC2C)c1. The molecule has 0 aliphatic carbocycles. The number of benzene rings is 1. The van der Waals surface area contributed by atoms with Crippen LogP contribution < -0.4 is 10.2 Å². The van der Waals surface area contributed by atoms with Crippen LogP contribution >= 0.6 is 0 Å². The average molecular weight is 281 g/mol. The maximum absolute atomic E-state index is 4.54. The molecule has 3 rings (SSSR count). The fourth-order valence-electron chi connectivity index (χ4n) is 3.05. The third kappa shape index (κ3) is 3.02. The van der Waals surface area contributed by atoms with Crippen molar-refractivity contribution >= 4 is 11.4 Å². The largest absolute Gasteiger partial charge is 0.385 e. The summed E-state index contributed by atoms with van der Waals surface area (Å²) in [6.07, 6.45) is 4.29. The first-order chi connectivity index (χ1) is 10.3. The molecule has 0 amide bonds. The number of para-hydroxylation sites is 1. The van der Waals surface area contributed by atoms with Crippen LogP contribution in [0.5, 0.6) is 0 Å². The highest BCUT2D eigenvalue weighted by molar-refractivity contribution is 5.57. The third-order valence-corrected chi connectivity index (χ3v) is 4.19. The molecule has 0 saturated heterocycles. The van der Waals surface area contributed by atoms with Gasteiger partial charge >= 0.3 is 0 Å². The van der Waals surface area contributed by atoms with Gasteiger partial charge < -0.3 is 10.2 Å². The number of fused-ring (bicyclic) bond motifs is 1. The number of rotatable bonds is 4. The first kappa shape index (κ1) is 13.9. The Labute approximate surface area is 127 Å². The molecular weight excluding hydrogens is 258 g/mol. The van der Waals surface area contributed by atoms with Crippen LogP contribution in [0.25, 0.3) is 0 Å². The Kier molecular flexibility index (Phi) is 4.09. The van der Waals surface area contributed by atoms with E-state index in [4.69, 9.17) is 0 Å². The Morgan fingerprint density at radius 2 is 2.14 bits per heavy atom. The monoisotopic (exact) mass is 281 g/mol. The van der Waals surface area contributed by atoms with Crippen LogP contribution in [-0.4, -0.2) is 17.6 Å². The summed E-state index contributed by atoms with van der Waals surface area (Å²) in [5.74, 6) is 0. The summed E-state index contributed by atoms with van der Waals surface area (Å²) < 4.78 is 0. The van der Waals surface area contributed by atoms with E-state index < -0.39 is 0 Å². The lowest BCUT2D eigenvalue weighted by molar-refractivity contribution is 0.556. The van der Waals surface area contributed by atoms with Crippen molar-refractivity contribution in [3.8, 4) is 0 Å². The van der Waals surface area contributed by atoms with Crippen molar-refractivity contribution in [1.82, 2.24) is 4.98 Å². The van der Waals surface area contributed by atoms with E-state index in [1.165, 1.54) is 24.1 Å². The number of hydrogen-bond acceptors (Lipinski definition) is 3. The van der Waals surface area contributed by atoms with E-state index in [1.54, 1.807) is 0 Å². The second-order valence-electron chi connectivity index (χ2n) is 5.71. The Bertz CT molecular complexity index is 609. The summed E-state index contributed by atoms with van der Waals surface area (Å²) >= 11 is 0. The molecule has 3 nitrogen and oxygen atoms in total. The highest BCUT2D eigenvalue weighted by Crippen LogP contribution is 2.31. The van der Waals surface area contributed by atoms with Crippen molar-refractivity contribution in [2.75, 3.05) is 16.8 Å². The van der Waals surface area contributed by atoms with Gasteiger partial charge in [0.1, 0.15) is 0 Å². The Morgan fingerprint density at radius 3 is 3.00 bits per heavy atom. The molecule has 1 aromatic heterocycles. The molecule has 1 atom stereocenters. The van der Waals surface area contributed by atoms with Crippen molar-refractivity contribution in [2.45, 2.75) is 39.3 Å². The van der Waals surface area contributed by atoms with E-state index in [0.717, 1.165) is 24.5 Å². The molecule has 1 aliphatic rings. The lowest BCUT2D eigenvalue weighted by atomic mass is 9.96. The molecule has 1 aromatic carbocycles. The van der Waals surface area contributed by atoms with Gasteiger partial charge in [0.05, 0.1) is 12.2 Å². The van der Waals surface area contributed by atoms with Crippen LogP contribution in [0.3, 0.4) is 0 Å². The van der Waals surface area contributed by atoms with Gasteiger partial charge in [-0.3, -0.25) is 4.98 Å². The van der Waals surface area contributed by atoms with Gasteiger partial charge in [0.15, 0.2) is 0 Å². The van der Waals surface area contributed by atoms with Crippen LogP contribution in [-0.2, 0) is 13.0 Å². The van der Waals surface area contributed by atoms with Crippen molar-refractivity contribution in [1.29, 1.82) is 0 Å². The third-order valence-electron chi connectivity index (χ3n) is 4.19. The molecule has 1 aliphatic heterocycles. The minimum Gasteiger partial charge on any atom is -0.385 e. The molecule has 0 saturated carbocycles. The normalized spacial score (nSPS) is 17.4. The lowest BCUT2D eigenvalue weighted by Crippen LogP contribution is -2.36. The first-order valence-corrected chi connectivity index (χ1v) is 7.81. The van der Waals surface area contributed by atoms with Gasteiger partial charge in [0.2, 0.25) is 0 Å². The number of hydrogen-bond donors (Lipinski definition) is 1. The fourth-order valence-corrected chi connectivity index (χ4v) is 3.05. The molecule has 1 unspecified atom stereocenters. The molecule has 2 aromatic rings. The quantitative estimate of drug-likeness (QED) is 0.922. The van der Waals surface area contributed by atoms with Crippen LogP contribution in [0.4, 0.5) is 11.4 Å². The summed E-state index contributed by atoms with van der Waals surface area (Å²) in [4.78, 5) is 7.02. The van der Waals surface area contributed by atoms with Crippen molar-refractivity contribution in [3.05, 3.63) is 53.9 Å². The fraction of sp³-hybridized carbons (Fsp3) is 0.389. The lowest BCUT2D eigenvalue weighted by Gasteiger charge is -2.37. The Balaban J connectivity index is 1.85. The van der Waals surface area contributed by atoms with Gasteiger partial charge in [-0.1, -0.05) is 18.2 Å². The van der Waals surface area contributed by atoms with Gasteiger partial charge in [0.25, 0.3) is 0 Å². The van der Waals surface area contributed by atoms with E-state index in [-0.39, 0.29) is 0 Å². The number of pyridine rings is 1. The van der Waals surface area contributed by atoms with Gasteiger partial charge in [-0.05, 0) is 50.5 Å². The summed E-state index contributed by atoms with van der Waals surface area (Å²) in [7, 11) is 0. The Hall–Kier alpha value is -2.03. The van der Waals surface area contributed by atoms with Crippen molar-refractivity contribution < 1.29 is 0 Å². The zero-order valence-electron chi connectivity index (χ0n) is 12.8. The van der Waals surface area contributed by atoms with Crippen LogP contribution in [0.1, 0.15) is 31.5 Å². The number of aromatic nitrogens is 1. The highest BCUT2D eigenvalue weighted by Gasteiger charge is 2.22. The summed E-state index contributed by atoms with van der Waals surface area (Å²) in [5.41, 5.74) is 5.10. The summed E-state index contributed by atoms with van der Waals surface area (Å²) in [6, 6.07) is 13.5. The number of aryl methyl sites for hydroxylation is 1. The predicted octanol–water partition coefficient (Wildman–Crippen LogP) is 3.85. The minimum absolute atomic E-state index is 0.560. The van der Waals surface area contributed by atoms with Crippen LogP contribution in [0.2, 0.25) is 0 Å². The van der Waals surface area contributed by atoms with Gasteiger partial charge in [-0.2, -0.15) is 0 Å². The first-order valence-electron chi connectivity index (χ1n) is 7.81. The summed E-state index contributed by atoms with van der Waals surface area (Å²) in [6.45, 7) is 6.23. The smallest absolute Gasteiger partial charge is 0.0617 e. The van der Waals surface area contributed by atoms with Gasteiger partial charge in [-0.25, -0.2) is 0 Å². The van der Waals surface area contributed by atoms with E-state index in [2.05, 4.69) is 59.4 Å². The van der Waals surface area contributed by atoms with Crippen molar-refractivity contribution in [3.63, 3.8) is 0 Å². The molecular formula is C18H23N3. The second-order valence-corrected chi connectivity index (χ2v) is 5.71. The maximum atomic E-state index is 4.54. The molecule has 110 valence electrons. The molecule has 1 N–H and O–H groups in total. The molecule has 0 radical (unpaired) electrons. The van der Waals surface area contributed by atoms with E-state index in [1.807, 2.05) is 12.3 Å². The van der Waals surface area contributed by atoms with Gasteiger partial charge in [0, 0.05) is 30.2 Å². The summed E-state index contributed by atoms with van der Waals surface area (Å²) in [5, 5.41) is 3.36. The number of nitrogens with zero attached hydrogens (tertiary/aromatic N) is 2. The zero-order chi connectivity index (χ0) is 14.7.